The van der Waals surface area contributed by atoms with Crippen LogP contribution < -0.4 is 10.1 Å². The second-order valence-electron chi connectivity index (χ2n) is 5.78. The van der Waals surface area contributed by atoms with Gasteiger partial charge >= 0.3 is 0 Å². The summed E-state index contributed by atoms with van der Waals surface area (Å²) in [5.74, 6) is 0.902. The number of nitrogens with one attached hydrogen (secondary N) is 1. The van der Waals surface area contributed by atoms with E-state index in [9.17, 15) is 4.79 Å². The summed E-state index contributed by atoms with van der Waals surface area (Å²) in [4.78, 5) is 12.1. The zero-order valence-electron chi connectivity index (χ0n) is 14.2. The van der Waals surface area contributed by atoms with Gasteiger partial charge < -0.3 is 10.1 Å². The Labute approximate surface area is 138 Å². The SMILES string of the molecule is CCc1cccc(C)c1NC(=O)CCCOc1cccc(C)c1. The molecule has 3 heteroatoms. The molecule has 0 atom stereocenters. The molecule has 0 saturated heterocycles. The summed E-state index contributed by atoms with van der Waals surface area (Å²) in [6.07, 6.45) is 2.07. The molecule has 1 N–H and O–H groups in total. The molecule has 122 valence electrons. The smallest absolute Gasteiger partial charge is 0.224 e. The third-order valence-corrected chi connectivity index (χ3v) is 3.81. The maximum atomic E-state index is 12.1. The van der Waals surface area contributed by atoms with Crippen molar-refractivity contribution in [3.8, 4) is 5.75 Å². The van der Waals surface area contributed by atoms with E-state index < -0.39 is 0 Å². The van der Waals surface area contributed by atoms with E-state index >= 15 is 0 Å². The predicted molar refractivity (Wildman–Crippen MR) is 95.1 cm³/mol. The number of carbonyl (C=O) groups is 1. The monoisotopic (exact) mass is 311 g/mol. The second kappa shape index (κ2) is 8.37. The first-order valence-electron chi connectivity index (χ1n) is 8.18. The van der Waals surface area contributed by atoms with Crippen molar-refractivity contribution in [1.82, 2.24) is 0 Å². The van der Waals surface area contributed by atoms with E-state index in [1.165, 1.54) is 11.1 Å². The molecule has 0 heterocycles. The van der Waals surface area contributed by atoms with Gasteiger partial charge in [-0.25, -0.2) is 0 Å². The second-order valence-corrected chi connectivity index (χ2v) is 5.78. The van der Waals surface area contributed by atoms with E-state index in [1.807, 2.05) is 50.2 Å². The number of rotatable bonds is 7. The van der Waals surface area contributed by atoms with Crippen LogP contribution in [0.5, 0.6) is 5.75 Å². The van der Waals surface area contributed by atoms with E-state index in [1.54, 1.807) is 0 Å². The molecule has 0 bridgehead atoms. The first kappa shape index (κ1) is 17.1. The first-order valence-corrected chi connectivity index (χ1v) is 8.18. The summed E-state index contributed by atoms with van der Waals surface area (Å²) in [5, 5.41) is 3.04. The number of hydrogen-bond acceptors (Lipinski definition) is 2. The molecule has 0 unspecified atom stereocenters. The summed E-state index contributed by atoms with van der Waals surface area (Å²) < 4.78 is 5.68. The van der Waals surface area contributed by atoms with Gasteiger partial charge in [0, 0.05) is 12.1 Å². The lowest BCUT2D eigenvalue weighted by atomic mass is 10.1. The van der Waals surface area contributed by atoms with E-state index in [4.69, 9.17) is 4.74 Å². The average molecular weight is 311 g/mol. The van der Waals surface area contributed by atoms with E-state index in [0.29, 0.717) is 19.4 Å². The largest absolute Gasteiger partial charge is 0.494 e. The van der Waals surface area contributed by atoms with Crippen molar-refractivity contribution >= 4 is 11.6 Å². The fourth-order valence-corrected chi connectivity index (χ4v) is 2.53. The Morgan fingerprint density at radius 1 is 1.13 bits per heavy atom. The van der Waals surface area contributed by atoms with Crippen LogP contribution in [0.3, 0.4) is 0 Å². The highest BCUT2D eigenvalue weighted by Gasteiger charge is 2.08. The molecule has 2 aromatic rings. The summed E-state index contributed by atoms with van der Waals surface area (Å²) in [7, 11) is 0. The zero-order chi connectivity index (χ0) is 16.7. The zero-order valence-corrected chi connectivity index (χ0v) is 14.2. The third kappa shape index (κ3) is 5.13. The Hall–Kier alpha value is -2.29. The van der Waals surface area contributed by atoms with Crippen LogP contribution in [0.15, 0.2) is 42.5 Å². The molecular weight excluding hydrogens is 286 g/mol. The van der Waals surface area contributed by atoms with Crippen LogP contribution in [0.1, 0.15) is 36.5 Å². The quantitative estimate of drug-likeness (QED) is 0.755. The molecule has 2 aromatic carbocycles. The van der Waals surface area contributed by atoms with Crippen LogP contribution in [0.2, 0.25) is 0 Å². The molecular formula is C20H25NO2. The van der Waals surface area contributed by atoms with Gasteiger partial charge in [-0.15, -0.1) is 0 Å². The Morgan fingerprint density at radius 2 is 1.91 bits per heavy atom. The Balaban J connectivity index is 1.80. The lowest BCUT2D eigenvalue weighted by Gasteiger charge is -2.13. The number of amides is 1. The van der Waals surface area contributed by atoms with Gasteiger partial charge in [0.1, 0.15) is 5.75 Å². The minimum Gasteiger partial charge on any atom is -0.494 e. The number of benzene rings is 2. The lowest BCUT2D eigenvalue weighted by Crippen LogP contribution is -2.15. The van der Waals surface area contributed by atoms with Crippen molar-refractivity contribution in [2.75, 3.05) is 11.9 Å². The fraction of sp³-hybridized carbons (Fsp3) is 0.350. The molecule has 0 fully saturated rings. The molecule has 0 aliphatic rings. The Kier molecular flexibility index (Phi) is 6.21. The van der Waals surface area contributed by atoms with E-state index in [2.05, 4.69) is 18.3 Å². The molecule has 2 rings (SSSR count). The summed E-state index contributed by atoms with van der Waals surface area (Å²) >= 11 is 0. The van der Waals surface area contributed by atoms with Gasteiger partial charge in [0.15, 0.2) is 0 Å². The van der Waals surface area contributed by atoms with Crippen LogP contribution in [0, 0.1) is 13.8 Å². The number of anilines is 1. The van der Waals surface area contributed by atoms with Crippen LogP contribution in [0.4, 0.5) is 5.69 Å². The molecule has 1 amide bonds. The van der Waals surface area contributed by atoms with Gasteiger partial charge in [0.2, 0.25) is 5.91 Å². The highest BCUT2D eigenvalue weighted by Crippen LogP contribution is 2.21. The minimum atomic E-state index is 0.0434. The number of ether oxygens (including phenoxy) is 1. The maximum absolute atomic E-state index is 12.1. The van der Waals surface area contributed by atoms with Gasteiger partial charge in [-0.05, 0) is 55.5 Å². The molecule has 0 aliphatic carbocycles. The maximum Gasteiger partial charge on any atom is 0.224 e. The summed E-state index contributed by atoms with van der Waals surface area (Å²) in [5.41, 5.74) is 4.41. The van der Waals surface area contributed by atoms with Crippen molar-refractivity contribution in [1.29, 1.82) is 0 Å². The highest BCUT2D eigenvalue weighted by atomic mass is 16.5. The van der Waals surface area contributed by atoms with Gasteiger partial charge in [0.05, 0.1) is 6.61 Å². The molecule has 0 radical (unpaired) electrons. The van der Waals surface area contributed by atoms with Gasteiger partial charge in [-0.3, -0.25) is 4.79 Å². The average Bonchev–Trinajstić information content (AvgIpc) is 2.53. The van der Waals surface area contributed by atoms with Crippen molar-refractivity contribution in [3.05, 3.63) is 59.2 Å². The van der Waals surface area contributed by atoms with E-state index in [-0.39, 0.29) is 5.91 Å². The highest BCUT2D eigenvalue weighted by molar-refractivity contribution is 5.92. The number of carbonyl (C=O) groups excluding carboxylic acids is 1. The van der Waals surface area contributed by atoms with E-state index in [0.717, 1.165) is 23.4 Å². The Morgan fingerprint density at radius 3 is 2.65 bits per heavy atom. The molecule has 0 saturated carbocycles. The van der Waals surface area contributed by atoms with Crippen molar-refractivity contribution < 1.29 is 9.53 Å². The van der Waals surface area contributed by atoms with Crippen LogP contribution in [0.25, 0.3) is 0 Å². The first-order chi connectivity index (χ1) is 11.1. The van der Waals surface area contributed by atoms with Crippen molar-refractivity contribution in [3.63, 3.8) is 0 Å². The van der Waals surface area contributed by atoms with Crippen LogP contribution >= 0.6 is 0 Å². The normalized spacial score (nSPS) is 10.4. The minimum absolute atomic E-state index is 0.0434. The standard InChI is InChI=1S/C20H25NO2/c1-4-17-10-6-9-16(3)20(17)21-19(22)12-7-13-23-18-11-5-8-15(2)14-18/h5-6,8-11,14H,4,7,12-13H2,1-3H3,(H,21,22). The van der Waals surface area contributed by atoms with Crippen molar-refractivity contribution in [2.24, 2.45) is 0 Å². The van der Waals surface area contributed by atoms with Crippen LogP contribution in [-0.4, -0.2) is 12.5 Å². The fourth-order valence-electron chi connectivity index (χ4n) is 2.53. The van der Waals surface area contributed by atoms with Gasteiger partial charge in [-0.2, -0.15) is 0 Å². The summed E-state index contributed by atoms with van der Waals surface area (Å²) in [6, 6.07) is 14.1. The molecule has 0 aliphatic heterocycles. The lowest BCUT2D eigenvalue weighted by molar-refractivity contribution is -0.116. The molecule has 0 aromatic heterocycles. The number of aryl methyl sites for hydroxylation is 3. The van der Waals surface area contributed by atoms with Crippen molar-refractivity contribution in [2.45, 2.75) is 40.0 Å². The van der Waals surface area contributed by atoms with Gasteiger partial charge in [0.25, 0.3) is 0 Å². The Bertz CT molecular complexity index is 664. The third-order valence-electron chi connectivity index (χ3n) is 3.81. The molecule has 0 spiro atoms. The number of para-hydroxylation sites is 1. The molecule has 3 nitrogen and oxygen atoms in total. The van der Waals surface area contributed by atoms with Crippen LogP contribution in [-0.2, 0) is 11.2 Å². The predicted octanol–water partition coefficient (Wildman–Crippen LogP) is 4.66. The molecule has 23 heavy (non-hydrogen) atoms. The van der Waals surface area contributed by atoms with Gasteiger partial charge in [-0.1, -0.05) is 37.3 Å². The topological polar surface area (TPSA) is 38.3 Å². The number of hydrogen-bond donors (Lipinski definition) is 1. The summed E-state index contributed by atoms with van der Waals surface area (Å²) in [6.45, 7) is 6.70.